The van der Waals surface area contributed by atoms with E-state index in [1.807, 2.05) is 24.3 Å². The van der Waals surface area contributed by atoms with Gasteiger partial charge in [-0.15, -0.1) is 13.2 Å². The van der Waals surface area contributed by atoms with Crippen molar-refractivity contribution in [3.05, 3.63) is 60.3 Å². The van der Waals surface area contributed by atoms with Crippen LogP contribution in [0, 0.1) is 0 Å². The van der Waals surface area contributed by atoms with Crippen molar-refractivity contribution >= 4 is 5.69 Å². The number of hydroxylamine groups is 1. The van der Waals surface area contributed by atoms with E-state index in [0.717, 1.165) is 29.8 Å². The van der Waals surface area contributed by atoms with Crippen LogP contribution in [-0.2, 0) is 4.84 Å². The molecule has 0 spiro atoms. The third-order valence-electron chi connectivity index (χ3n) is 5.54. The van der Waals surface area contributed by atoms with Crippen LogP contribution in [0.5, 0.6) is 5.75 Å². The minimum atomic E-state index is -4.68. The molecule has 1 atom stereocenters. The average Bonchev–Trinajstić information content (AvgIpc) is 3.35. The van der Waals surface area contributed by atoms with E-state index in [1.165, 1.54) is 43.6 Å². The largest absolute Gasteiger partial charge is 0.573 e. The Bertz CT molecular complexity index is 873. The molecule has 2 aromatic rings. The minimum absolute atomic E-state index is 0.0495. The first-order valence-electron chi connectivity index (χ1n) is 10.2. The quantitative estimate of drug-likeness (QED) is 0.595. The molecule has 0 N–H and O–H groups in total. The van der Waals surface area contributed by atoms with E-state index < -0.39 is 6.36 Å². The van der Waals surface area contributed by atoms with E-state index in [-0.39, 0.29) is 11.9 Å². The van der Waals surface area contributed by atoms with Gasteiger partial charge in [0.15, 0.2) is 0 Å². The molecule has 2 aliphatic rings. The fourth-order valence-corrected chi connectivity index (χ4v) is 3.87. The van der Waals surface area contributed by atoms with Crippen molar-refractivity contribution in [2.75, 3.05) is 24.7 Å². The number of ether oxygens (including phenoxy) is 1. The number of rotatable bonds is 6. The summed E-state index contributed by atoms with van der Waals surface area (Å²) < 4.78 is 40.8. The Morgan fingerprint density at radius 3 is 2.17 bits per heavy atom. The molecule has 30 heavy (non-hydrogen) atoms. The lowest BCUT2D eigenvalue weighted by molar-refractivity contribution is -0.274. The average molecular weight is 418 g/mol. The molecule has 2 aromatic carbocycles. The third kappa shape index (κ3) is 5.15. The van der Waals surface area contributed by atoms with Gasteiger partial charge >= 0.3 is 6.36 Å². The highest BCUT2D eigenvalue weighted by molar-refractivity contribution is 5.67. The Labute approximate surface area is 174 Å². The molecule has 0 aliphatic carbocycles. The summed E-state index contributed by atoms with van der Waals surface area (Å²) in [6.07, 6.45) is 1.02. The predicted molar refractivity (Wildman–Crippen MR) is 110 cm³/mol. The van der Waals surface area contributed by atoms with Crippen molar-refractivity contribution in [1.82, 2.24) is 4.90 Å². The molecule has 0 radical (unpaired) electrons. The molecule has 4 rings (SSSR count). The van der Waals surface area contributed by atoms with Gasteiger partial charge in [-0.1, -0.05) is 24.3 Å². The van der Waals surface area contributed by atoms with E-state index in [9.17, 15) is 13.2 Å². The first-order valence-corrected chi connectivity index (χ1v) is 10.2. The summed E-state index contributed by atoms with van der Waals surface area (Å²) in [5.74, 6) is -0.228. The van der Waals surface area contributed by atoms with Crippen LogP contribution >= 0.6 is 0 Å². The zero-order valence-corrected chi connectivity index (χ0v) is 16.9. The van der Waals surface area contributed by atoms with E-state index >= 15 is 0 Å². The van der Waals surface area contributed by atoms with Crippen molar-refractivity contribution in [2.24, 2.45) is 0 Å². The number of likely N-dealkylation sites (tertiary alicyclic amines) is 1. The molecule has 0 aromatic heterocycles. The van der Waals surface area contributed by atoms with Crippen LogP contribution in [0.15, 0.2) is 60.3 Å². The summed E-state index contributed by atoms with van der Waals surface area (Å²) in [6, 6.07) is 13.6. The van der Waals surface area contributed by atoms with Gasteiger partial charge in [0.05, 0.1) is 5.69 Å². The second kappa shape index (κ2) is 8.70. The van der Waals surface area contributed by atoms with Crippen molar-refractivity contribution in [1.29, 1.82) is 0 Å². The summed E-state index contributed by atoms with van der Waals surface area (Å²) in [5, 5.41) is 1.80. The Morgan fingerprint density at radius 2 is 1.57 bits per heavy atom. The van der Waals surface area contributed by atoms with Crippen LogP contribution in [0.4, 0.5) is 18.9 Å². The maximum Gasteiger partial charge on any atom is 0.573 e. The van der Waals surface area contributed by atoms with Gasteiger partial charge in [0, 0.05) is 12.7 Å². The maximum atomic E-state index is 12.3. The molecule has 7 heteroatoms. The van der Waals surface area contributed by atoms with Gasteiger partial charge in [-0.05, 0) is 80.2 Å². The molecular weight excluding hydrogens is 393 g/mol. The van der Waals surface area contributed by atoms with Gasteiger partial charge in [-0.2, -0.15) is 0 Å². The number of halogens is 3. The third-order valence-corrected chi connectivity index (χ3v) is 5.54. The molecule has 2 heterocycles. The van der Waals surface area contributed by atoms with Gasteiger partial charge in [0.2, 0.25) is 0 Å². The standard InChI is InChI=1S/C23H25F3N2O2/c1-17-20(12-15-27-13-2-3-14-27)16-28(30-17)21-8-4-18(5-9-21)19-6-10-22(11-7-19)29-23(24,25)26/h4-11,16-17H,2-3,12-15H2,1H3. The van der Waals surface area contributed by atoms with Crippen LogP contribution in [-0.4, -0.2) is 37.0 Å². The highest BCUT2D eigenvalue weighted by Gasteiger charge is 2.31. The van der Waals surface area contributed by atoms with E-state index in [1.54, 1.807) is 17.2 Å². The maximum absolute atomic E-state index is 12.3. The first-order chi connectivity index (χ1) is 14.4. The van der Waals surface area contributed by atoms with Gasteiger partial charge in [-0.25, -0.2) is 5.06 Å². The first kappa shape index (κ1) is 20.8. The van der Waals surface area contributed by atoms with Crippen molar-refractivity contribution in [2.45, 2.75) is 38.7 Å². The van der Waals surface area contributed by atoms with Crippen LogP contribution < -0.4 is 9.80 Å². The number of nitrogens with zero attached hydrogens (tertiary/aromatic N) is 2. The summed E-state index contributed by atoms with van der Waals surface area (Å²) in [7, 11) is 0. The fourth-order valence-electron chi connectivity index (χ4n) is 3.87. The molecule has 4 nitrogen and oxygen atoms in total. The van der Waals surface area contributed by atoms with Gasteiger partial charge < -0.3 is 9.64 Å². The van der Waals surface area contributed by atoms with Crippen LogP contribution in [0.25, 0.3) is 11.1 Å². The Morgan fingerprint density at radius 1 is 0.967 bits per heavy atom. The Hall–Kier alpha value is -2.51. The monoisotopic (exact) mass is 418 g/mol. The second-order valence-electron chi connectivity index (χ2n) is 7.70. The lowest BCUT2D eigenvalue weighted by Gasteiger charge is -2.17. The molecule has 0 saturated carbocycles. The normalized spacial score (nSPS) is 19.9. The number of alkyl halides is 3. The molecular formula is C23H25F3N2O2. The predicted octanol–water partition coefficient (Wildman–Crippen LogP) is 5.76. The second-order valence-corrected chi connectivity index (χ2v) is 7.70. The Balaban J connectivity index is 1.39. The fraction of sp³-hybridized carbons (Fsp3) is 0.391. The van der Waals surface area contributed by atoms with E-state index in [0.29, 0.717) is 0 Å². The van der Waals surface area contributed by atoms with Gasteiger partial charge in [0.1, 0.15) is 11.9 Å². The number of hydrogen-bond acceptors (Lipinski definition) is 4. The molecule has 1 saturated heterocycles. The van der Waals surface area contributed by atoms with Crippen LogP contribution in [0.1, 0.15) is 26.2 Å². The number of benzene rings is 2. The van der Waals surface area contributed by atoms with Crippen LogP contribution in [0.2, 0.25) is 0 Å². The molecule has 1 fully saturated rings. The number of hydrogen-bond donors (Lipinski definition) is 0. The van der Waals surface area contributed by atoms with Crippen LogP contribution in [0.3, 0.4) is 0 Å². The molecule has 1 unspecified atom stereocenters. The van der Waals surface area contributed by atoms with Crippen molar-refractivity contribution in [3.63, 3.8) is 0 Å². The molecule has 0 amide bonds. The highest BCUT2D eigenvalue weighted by Crippen LogP contribution is 2.31. The summed E-state index contributed by atoms with van der Waals surface area (Å²) in [5.41, 5.74) is 3.92. The highest BCUT2D eigenvalue weighted by atomic mass is 19.4. The lowest BCUT2D eigenvalue weighted by atomic mass is 10.1. The van der Waals surface area contributed by atoms with E-state index in [2.05, 4.69) is 22.8 Å². The summed E-state index contributed by atoms with van der Waals surface area (Å²) >= 11 is 0. The van der Waals surface area contributed by atoms with Gasteiger partial charge in [-0.3, -0.25) is 4.84 Å². The zero-order valence-electron chi connectivity index (χ0n) is 16.9. The molecule has 0 bridgehead atoms. The summed E-state index contributed by atoms with van der Waals surface area (Å²) in [4.78, 5) is 8.48. The lowest BCUT2D eigenvalue weighted by Crippen LogP contribution is -2.22. The van der Waals surface area contributed by atoms with Crippen molar-refractivity contribution < 1.29 is 22.7 Å². The summed E-state index contributed by atoms with van der Waals surface area (Å²) in [6.45, 7) is 5.52. The molecule has 160 valence electrons. The zero-order chi connectivity index (χ0) is 21.1. The smallest absolute Gasteiger partial charge is 0.406 e. The minimum Gasteiger partial charge on any atom is -0.406 e. The topological polar surface area (TPSA) is 24.9 Å². The SMILES string of the molecule is CC1ON(c2ccc(-c3ccc(OC(F)(F)F)cc3)cc2)C=C1CCN1CCCC1. The molecule has 2 aliphatic heterocycles. The number of anilines is 1. The van der Waals surface area contributed by atoms with Gasteiger partial charge in [0.25, 0.3) is 0 Å². The van der Waals surface area contributed by atoms with E-state index in [4.69, 9.17) is 4.84 Å². The van der Waals surface area contributed by atoms with Crippen molar-refractivity contribution in [3.8, 4) is 16.9 Å². The Kier molecular flexibility index (Phi) is 6.01.